The Labute approximate surface area is 144 Å². The van der Waals surface area contributed by atoms with Crippen LogP contribution in [0.15, 0.2) is 48.5 Å². The van der Waals surface area contributed by atoms with Crippen molar-refractivity contribution >= 4 is 6.09 Å². The molecule has 0 aliphatic carbocycles. The van der Waals surface area contributed by atoms with Gasteiger partial charge in [0.05, 0.1) is 0 Å². The van der Waals surface area contributed by atoms with Gasteiger partial charge in [0.15, 0.2) is 11.6 Å². The van der Waals surface area contributed by atoms with Crippen LogP contribution in [0, 0.1) is 0 Å². The minimum Gasteiger partial charge on any atom is -0.391 e. The molecule has 2 aromatic heterocycles. The SMILES string of the molecule is CC(C)c1nnnn1-c1cccc(OC(=O)NCc2ccccc2)n1. The van der Waals surface area contributed by atoms with Crippen LogP contribution in [0.4, 0.5) is 4.79 Å². The number of rotatable bonds is 5. The Morgan fingerprint density at radius 1 is 1.16 bits per heavy atom. The molecule has 1 N–H and O–H groups in total. The van der Waals surface area contributed by atoms with E-state index < -0.39 is 6.09 Å². The largest absolute Gasteiger partial charge is 0.414 e. The van der Waals surface area contributed by atoms with Crippen LogP contribution in [-0.2, 0) is 6.54 Å². The van der Waals surface area contributed by atoms with Crippen molar-refractivity contribution in [2.75, 3.05) is 0 Å². The first-order chi connectivity index (χ1) is 12.1. The maximum absolute atomic E-state index is 11.9. The van der Waals surface area contributed by atoms with Gasteiger partial charge in [-0.3, -0.25) is 0 Å². The van der Waals surface area contributed by atoms with Crippen molar-refractivity contribution < 1.29 is 9.53 Å². The molecule has 0 fully saturated rings. The summed E-state index contributed by atoms with van der Waals surface area (Å²) in [7, 11) is 0. The predicted octanol–water partition coefficient (Wildman–Crippen LogP) is 2.47. The number of hydrogen-bond acceptors (Lipinski definition) is 6. The summed E-state index contributed by atoms with van der Waals surface area (Å²) in [5.74, 6) is 1.48. The highest BCUT2D eigenvalue weighted by atomic mass is 16.6. The van der Waals surface area contributed by atoms with Crippen molar-refractivity contribution in [1.82, 2.24) is 30.5 Å². The molecule has 128 valence electrons. The quantitative estimate of drug-likeness (QED) is 0.768. The van der Waals surface area contributed by atoms with Crippen molar-refractivity contribution in [2.45, 2.75) is 26.3 Å². The number of ether oxygens (including phenoxy) is 1. The fourth-order valence-electron chi connectivity index (χ4n) is 2.20. The van der Waals surface area contributed by atoms with Crippen molar-refractivity contribution in [3.05, 3.63) is 59.9 Å². The van der Waals surface area contributed by atoms with Gasteiger partial charge < -0.3 is 10.1 Å². The average molecular weight is 338 g/mol. The van der Waals surface area contributed by atoms with Crippen LogP contribution in [0.1, 0.15) is 31.2 Å². The van der Waals surface area contributed by atoms with Gasteiger partial charge in [0.2, 0.25) is 5.88 Å². The van der Waals surface area contributed by atoms with E-state index in [1.807, 2.05) is 44.2 Å². The smallest absolute Gasteiger partial charge is 0.391 e. The van der Waals surface area contributed by atoms with Crippen LogP contribution >= 0.6 is 0 Å². The van der Waals surface area contributed by atoms with Gasteiger partial charge in [-0.05, 0) is 22.1 Å². The molecule has 25 heavy (non-hydrogen) atoms. The number of carbonyl (C=O) groups is 1. The maximum Gasteiger partial charge on any atom is 0.414 e. The first kappa shape index (κ1) is 16.6. The molecular weight excluding hydrogens is 320 g/mol. The van der Waals surface area contributed by atoms with Gasteiger partial charge in [0, 0.05) is 18.5 Å². The summed E-state index contributed by atoms with van der Waals surface area (Å²) in [6.45, 7) is 4.35. The molecule has 3 aromatic rings. The zero-order valence-electron chi connectivity index (χ0n) is 14.0. The Balaban J connectivity index is 1.67. The molecule has 0 aliphatic rings. The molecule has 3 rings (SSSR count). The van der Waals surface area contributed by atoms with E-state index in [-0.39, 0.29) is 11.8 Å². The number of pyridine rings is 1. The molecule has 8 nitrogen and oxygen atoms in total. The number of nitrogens with zero attached hydrogens (tertiary/aromatic N) is 5. The normalized spacial score (nSPS) is 10.7. The summed E-state index contributed by atoms with van der Waals surface area (Å²) < 4.78 is 6.76. The summed E-state index contributed by atoms with van der Waals surface area (Å²) in [5, 5.41) is 14.3. The van der Waals surface area contributed by atoms with Crippen LogP contribution in [0.3, 0.4) is 0 Å². The van der Waals surface area contributed by atoms with E-state index in [9.17, 15) is 4.79 Å². The molecule has 0 radical (unpaired) electrons. The van der Waals surface area contributed by atoms with Gasteiger partial charge in [0.1, 0.15) is 0 Å². The summed E-state index contributed by atoms with van der Waals surface area (Å²) in [6.07, 6.45) is -0.575. The molecule has 0 spiro atoms. The number of benzene rings is 1. The van der Waals surface area contributed by atoms with Crippen LogP contribution in [0.2, 0.25) is 0 Å². The Kier molecular flexibility index (Phi) is 4.98. The first-order valence-corrected chi connectivity index (χ1v) is 7.89. The Morgan fingerprint density at radius 3 is 2.72 bits per heavy atom. The number of nitrogens with one attached hydrogen (secondary N) is 1. The van der Waals surface area contributed by atoms with Crippen molar-refractivity contribution in [3.8, 4) is 11.7 Å². The summed E-state index contributed by atoms with van der Waals surface area (Å²) >= 11 is 0. The van der Waals surface area contributed by atoms with Crippen LogP contribution < -0.4 is 10.1 Å². The van der Waals surface area contributed by atoms with E-state index in [1.54, 1.807) is 18.2 Å². The van der Waals surface area contributed by atoms with Crippen LogP contribution in [-0.4, -0.2) is 31.3 Å². The highest BCUT2D eigenvalue weighted by molar-refractivity contribution is 5.69. The first-order valence-electron chi connectivity index (χ1n) is 7.89. The number of hydrogen-bond donors (Lipinski definition) is 1. The van der Waals surface area contributed by atoms with E-state index >= 15 is 0 Å². The second kappa shape index (κ2) is 7.52. The van der Waals surface area contributed by atoms with Gasteiger partial charge in [-0.2, -0.15) is 9.67 Å². The van der Waals surface area contributed by atoms with E-state index in [1.165, 1.54) is 4.68 Å². The standard InChI is InChI=1S/C17H18N6O2/c1-12(2)16-20-21-22-23(16)14-9-6-10-15(19-14)25-17(24)18-11-13-7-4-3-5-8-13/h3-10,12H,11H2,1-2H3,(H,18,24). The van der Waals surface area contributed by atoms with E-state index in [0.29, 0.717) is 18.2 Å². The van der Waals surface area contributed by atoms with Crippen LogP contribution in [0.25, 0.3) is 5.82 Å². The topological polar surface area (TPSA) is 94.8 Å². The van der Waals surface area contributed by atoms with Gasteiger partial charge in [-0.15, -0.1) is 5.10 Å². The number of aromatic nitrogens is 5. The third-order valence-corrected chi connectivity index (χ3v) is 3.41. The van der Waals surface area contributed by atoms with Gasteiger partial charge in [-0.1, -0.05) is 50.2 Å². The molecule has 0 saturated carbocycles. The molecule has 0 aliphatic heterocycles. The van der Waals surface area contributed by atoms with Crippen molar-refractivity contribution in [1.29, 1.82) is 0 Å². The third kappa shape index (κ3) is 4.17. The van der Waals surface area contributed by atoms with E-state index in [2.05, 4.69) is 25.8 Å². The highest BCUT2D eigenvalue weighted by Crippen LogP contribution is 2.16. The third-order valence-electron chi connectivity index (χ3n) is 3.41. The second-order valence-corrected chi connectivity index (χ2v) is 5.67. The monoisotopic (exact) mass is 338 g/mol. The lowest BCUT2D eigenvalue weighted by molar-refractivity contribution is 0.198. The Morgan fingerprint density at radius 2 is 1.96 bits per heavy atom. The minimum atomic E-state index is -0.575. The molecule has 0 atom stereocenters. The average Bonchev–Trinajstić information content (AvgIpc) is 3.11. The predicted molar refractivity (Wildman–Crippen MR) is 90.3 cm³/mol. The van der Waals surface area contributed by atoms with Crippen molar-refractivity contribution in [3.63, 3.8) is 0 Å². The summed E-state index contributed by atoms with van der Waals surface area (Å²) in [6, 6.07) is 14.7. The van der Waals surface area contributed by atoms with Crippen LogP contribution in [0.5, 0.6) is 5.88 Å². The fourth-order valence-corrected chi connectivity index (χ4v) is 2.20. The number of carbonyl (C=O) groups excluding carboxylic acids is 1. The van der Waals surface area contributed by atoms with Gasteiger partial charge in [-0.25, -0.2) is 4.79 Å². The van der Waals surface area contributed by atoms with Gasteiger partial charge >= 0.3 is 6.09 Å². The molecule has 8 heteroatoms. The molecule has 0 saturated heterocycles. The Hall–Kier alpha value is -3.29. The fraction of sp³-hybridized carbons (Fsp3) is 0.235. The molecule has 1 amide bonds. The Bertz CT molecular complexity index is 847. The van der Waals surface area contributed by atoms with E-state index in [0.717, 1.165) is 5.56 Å². The molecule has 1 aromatic carbocycles. The molecule has 0 unspecified atom stereocenters. The summed E-state index contributed by atoms with van der Waals surface area (Å²) in [5.41, 5.74) is 0.983. The number of tetrazole rings is 1. The van der Waals surface area contributed by atoms with Gasteiger partial charge in [0.25, 0.3) is 0 Å². The lowest BCUT2D eigenvalue weighted by Gasteiger charge is -2.09. The summed E-state index contributed by atoms with van der Waals surface area (Å²) in [4.78, 5) is 16.2. The highest BCUT2D eigenvalue weighted by Gasteiger charge is 2.14. The van der Waals surface area contributed by atoms with Crippen molar-refractivity contribution in [2.24, 2.45) is 0 Å². The lowest BCUT2D eigenvalue weighted by Crippen LogP contribution is -2.26. The number of amides is 1. The van der Waals surface area contributed by atoms with E-state index in [4.69, 9.17) is 4.74 Å². The second-order valence-electron chi connectivity index (χ2n) is 5.67. The minimum absolute atomic E-state index is 0.135. The zero-order valence-corrected chi connectivity index (χ0v) is 14.0. The lowest BCUT2D eigenvalue weighted by atomic mass is 10.2. The molecule has 2 heterocycles. The molecule has 0 bridgehead atoms. The maximum atomic E-state index is 11.9. The zero-order chi connectivity index (χ0) is 17.6. The molecular formula is C17H18N6O2.